The van der Waals surface area contributed by atoms with Crippen LogP contribution in [0.2, 0.25) is 0 Å². The molecule has 5 nitrogen and oxygen atoms in total. The lowest BCUT2D eigenvalue weighted by molar-refractivity contribution is 0.0586. The van der Waals surface area contributed by atoms with E-state index in [0.717, 1.165) is 25.7 Å². The molecule has 1 saturated carbocycles. The molecule has 1 fully saturated rings. The summed E-state index contributed by atoms with van der Waals surface area (Å²) in [5.41, 5.74) is 0.423. The van der Waals surface area contributed by atoms with Crippen LogP contribution in [0, 0.1) is 5.82 Å². The highest BCUT2D eigenvalue weighted by molar-refractivity contribution is 5.62. The first-order valence-electron chi connectivity index (χ1n) is 8.15. The molecule has 1 aliphatic carbocycles. The Bertz CT molecular complexity index is 694. The van der Waals surface area contributed by atoms with Crippen molar-refractivity contribution in [1.29, 1.82) is 0 Å². The zero-order chi connectivity index (χ0) is 17.1. The van der Waals surface area contributed by atoms with Crippen molar-refractivity contribution in [2.24, 2.45) is 0 Å². The van der Waals surface area contributed by atoms with Crippen LogP contribution in [0.5, 0.6) is 11.5 Å². The molecule has 1 aliphatic rings. The van der Waals surface area contributed by atoms with Crippen molar-refractivity contribution in [2.45, 2.75) is 37.8 Å². The van der Waals surface area contributed by atoms with Crippen LogP contribution in [0.25, 0.3) is 11.4 Å². The number of nitrogens with zero attached hydrogens (tertiary/aromatic N) is 2. The van der Waals surface area contributed by atoms with E-state index in [0.29, 0.717) is 35.0 Å². The minimum Gasteiger partial charge on any atom is -0.493 e. The fourth-order valence-corrected chi connectivity index (χ4v) is 3.40. The van der Waals surface area contributed by atoms with E-state index >= 15 is 0 Å². The molecule has 0 aliphatic heterocycles. The number of aromatic nitrogens is 2. The van der Waals surface area contributed by atoms with Gasteiger partial charge in [-0.1, -0.05) is 0 Å². The van der Waals surface area contributed by atoms with Gasteiger partial charge >= 0.3 is 0 Å². The summed E-state index contributed by atoms with van der Waals surface area (Å²) in [6, 6.07) is 3.30. The number of rotatable bonds is 5. The van der Waals surface area contributed by atoms with Crippen LogP contribution in [-0.4, -0.2) is 37.0 Å². The first kappa shape index (κ1) is 16.8. The molecule has 0 N–H and O–H groups in total. The Labute approximate surface area is 141 Å². The predicted octanol–water partition coefficient (Wildman–Crippen LogP) is 3.84. The molecule has 0 radical (unpaired) electrons. The van der Waals surface area contributed by atoms with Crippen molar-refractivity contribution in [3.8, 4) is 22.9 Å². The molecule has 0 atom stereocenters. The summed E-state index contributed by atoms with van der Waals surface area (Å²) in [6.07, 6.45) is 7.97. The zero-order valence-corrected chi connectivity index (χ0v) is 14.3. The van der Waals surface area contributed by atoms with Crippen LogP contribution < -0.4 is 9.47 Å². The van der Waals surface area contributed by atoms with Crippen molar-refractivity contribution in [3.05, 3.63) is 30.3 Å². The summed E-state index contributed by atoms with van der Waals surface area (Å²) in [6.45, 7) is 0. The second kappa shape index (κ2) is 7.21. The number of ether oxygens (including phenoxy) is 3. The molecule has 1 aromatic carbocycles. The Morgan fingerprint density at radius 2 is 1.71 bits per heavy atom. The van der Waals surface area contributed by atoms with Gasteiger partial charge in [0, 0.05) is 31.6 Å². The summed E-state index contributed by atoms with van der Waals surface area (Å²) in [4.78, 5) is 4.39. The van der Waals surface area contributed by atoms with Crippen molar-refractivity contribution in [3.63, 3.8) is 0 Å². The number of hydrogen-bond donors (Lipinski definition) is 0. The molecule has 130 valence electrons. The zero-order valence-electron chi connectivity index (χ0n) is 14.3. The predicted molar refractivity (Wildman–Crippen MR) is 89.0 cm³/mol. The Morgan fingerprint density at radius 1 is 1.04 bits per heavy atom. The van der Waals surface area contributed by atoms with E-state index in [2.05, 4.69) is 9.55 Å². The second-order valence-corrected chi connectivity index (χ2v) is 6.01. The lowest BCUT2D eigenvalue weighted by Crippen LogP contribution is -2.22. The van der Waals surface area contributed by atoms with Crippen LogP contribution in [-0.2, 0) is 4.74 Å². The monoisotopic (exact) mass is 334 g/mol. The highest BCUT2D eigenvalue weighted by Crippen LogP contribution is 2.37. The van der Waals surface area contributed by atoms with Gasteiger partial charge < -0.3 is 18.8 Å². The normalized spacial score (nSPS) is 20.8. The molecule has 0 unspecified atom stereocenters. The van der Waals surface area contributed by atoms with E-state index in [1.807, 2.05) is 6.20 Å². The number of hydrogen-bond acceptors (Lipinski definition) is 4. The maximum atomic E-state index is 14.6. The minimum absolute atomic E-state index is 0.307. The van der Waals surface area contributed by atoms with E-state index in [1.54, 1.807) is 19.4 Å². The number of imidazole rings is 1. The maximum absolute atomic E-state index is 14.6. The van der Waals surface area contributed by atoms with Crippen LogP contribution in [0.1, 0.15) is 31.7 Å². The molecular formula is C18H23FN2O3. The van der Waals surface area contributed by atoms with Gasteiger partial charge in [-0.05, 0) is 31.7 Å². The molecule has 2 aromatic rings. The summed E-state index contributed by atoms with van der Waals surface area (Å²) < 4.78 is 32.5. The Kier molecular flexibility index (Phi) is 5.04. The van der Waals surface area contributed by atoms with E-state index in [-0.39, 0.29) is 5.82 Å². The van der Waals surface area contributed by atoms with Crippen molar-refractivity contribution < 1.29 is 18.6 Å². The first-order valence-corrected chi connectivity index (χ1v) is 8.15. The molecule has 3 rings (SSSR count). The smallest absolute Gasteiger partial charge is 0.163 e. The van der Waals surface area contributed by atoms with Gasteiger partial charge in [0.15, 0.2) is 11.5 Å². The van der Waals surface area contributed by atoms with E-state index in [9.17, 15) is 4.39 Å². The van der Waals surface area contributed by atoms with Crippen LogP contribution >= 0.6 is 0 Å². The van der Waals surface area contributed by atoms with Gasteiger partial charge in [-0.15, -0.1) is 0 Å². The quantitative estimate of drug-likeness (QED) is 0.833. The average Bonchev–Trinajstić information content (AvgIpc) is 3.10. The fraction of sp³-hybridized carbons (Fsp3) is 0.500. The third kappa shape index (κ3) is 3.11. The van der Waals surface area contributed by atoms with Gasteiger partial charge in [-0.3, -0.25) is 0 Å². The highest BCUT2D eigenvalue weighted by atomic mass is 19.1. The molecule has 1 aromatic heterocycles. The number of halogens is 1. The van der Waals surface area contributed by atoms with Gasteiger partial charge in [0.05, 0.1) is 25.9 Å². The standard InChI is InChI=1S/C18H23FN2O3/c1-22-13-6-4-12(5-7-13)21-9-8-20-18(21)14-10-16(23-2)17(24-3)11-15(14)19/h8-13H,4-7H2,1-3H3. The molecule has 0 amide bonds. The lowest BCUT2D eigenvalue weighted by atomic mass is 9.92. The molecule has 0 bridgehead atoms. The number of methoxy groups -OCH3 is 3. The number of benzene rings is 1. The Balaban J connectivity index is 1.93. The SMILES string of the molecule is COc1cc(F)c(-c2nccn2C2CCC(OC)CC2)cc1OC. The van der Waals surface area contributed by atoms with Gasteiger partial charge in [0.25, 0.3) is 0 Å². The summed E-state index contributed by atoms with van der Waals surface area (Å²) in [5, 5.41) is 0. The van der Waals surface area contributed by atoms with E-state index < -0.39 is 0 Å². The van der Waals surface area contributed by atoms with Crippen molar-refractivity contribution >= 4 is 0 Å². The van der Waals surface area contributed by atoms with Crippen molar-refractivity contribution in [2.75, 3.05) is 21.3 Å². The average molecular weight is 334 g/mol. The van der Waals surface area contributed by atoms with Crippen LogP contribution in [0.4, 0.5) is 4.39 Å². The summed E-state index contributed by atoms with van der Waals surface area (Å²) >= 11 is 0. The second-order valence-electron chi connectivity index (χ2n) is 6.01. The van der Waals surface area contributed by atoms with Crippen LogP contribution in [0.15, 0.2) is 24.5 Å². The summed E-state index contributed by atoms with van der Waals surface area (Å²) in [7, 11) is 4.79. The topological polar surface area (TPSA) is 45.5 Å². The fourth-order valence-electron chi connectivity index (χ4n) is 3.40. The lowest BCUT2D eigenvalue weighted by Gasteiger charge is -2.29. The molecule has 24 heavy (non-hydrogen) atoms. The molecule has 0 saturated heterocycles. The van der Waals surface area contributed by atoms with Crippen LogP contribution in [0.3, 0.4) is 0 Å². The third-order valence-electron chi connectivity index (χ3n) is 4.75. The third-order valence-corrected chi connectivity index (χ3v) is 4.75. The molecule has 0 spiro atoms. The highest BCUT2D eigenvalue weighted by Gasteiger charge is 2.25. The maximum Gasteiger partial charge on any atom is 0.163 e. The van der Waals surface area contributed by atoms with Gasteiger partial charge in [0.1, 0.15) is 11.6 Å². The van der Waals surface area contributed by atoms with E-state index in [4.69, 9.17) is 14.2 Å². The largest absolute Gasteiger partial charge is 0.493 e. The van der Waals surface area contributed by atoms with E-state index in [1.165, 1.54) is 20.3 Å². The van der Waals surface area contributed by atoms with Gasteiger partial charge in [0.2, 0.25) is 0 Å². The molecular weight excluding hydrogens is 311 g/mol. The van der Waals surface area contributed by atoms with Crippen molar-refractivity contribution in [1.82, 2.24) is 9.55 Å². The Morgan fingerprint density at radius 3 is 2.33 bits per heavy atom. The first-order chi connectivity index (χ1) is 11.7. The Hall–Kier alpha value is -2.08. The molecule has 6 heteroatoms. The summed E-state index contributed by atoms with van der Waals surface area (Å²) in [5.74, 6) is 1.11. The van der Waals surface area contributed by atoms with Gasteiger partial charge in [-0.2, -0.15) is 0 Å². The van der Waals surface area contributed by atoms with Gasteiger partial charge in [-0.25, -0.2) is 9.37 Å². The molecule has 1 heterocycles. The minimum atomic E-state index is -0.370.